The van der Waals surface area contributed by atoms with Crippen molar-refractivity contribution in [1.29, 1.82) is 0 Å². The number of aliphatic hydroxyl groups excluding tert-OH is 1. The van der Waals surface area contributed by atoms with Crippen LogP contribution < -0.4 is 10.6 Å². The molecule has 3 aliphatic rings. The molecule has 3 amide bonds. The van der Waals surface area contributed by atoms with Crippen LogP contribution in [0.2, 0.25) is 0 Å². The van der Waals surface area contributed by atoms with Crippen LogP contribution in [0.3, 0.4) is 0 Å². The van der Waals surface area contributed by atoms with Gasteiger partial charge in [0.2, 0.25) is 17.7 Å². The fourth-order valence-corrected chi connectivity index (χ4v) is 6.65. The molecule has 0 radical (unpaired) electrons. The molecule has 3 N–H and O–H groups in total. The lowest BCUT2D eigenvalue weighted by molar-refractivity contribution is -0.146. The first kappa shape index (κ1) is 26.6. The minimum absolute atomic E-state index is 0.0171. The third-order valence-corrected chi connectivity index (χ3v) is 8.52. The van der Waals surface area contributed by atoms with Crippen molar-refractivity contribution in [1.82, 2.24) is 10.2 Å². The number of hydrogen-bond acceptors (Lipinski definition) is 5. The SMILES string of the molecule is CCCCNC(=O)C1N(CCCCCCO)C(=O)[C@@H]2[C@H](C(=O)Nc3ccccc3)[C@@]3(C)OC12CC3C. The van der Waals surface area contributed by atoms with Gasteiger partial charge in [0.15, 0.2) is 0 Å². The first-order chi connectivity index (χ1) is 17.3. The highest BCUT2D eigenvalue weighted by molar-refractivity contribution is 6.02. The van der Waals surface area contributed by atoms with E-state index in [1.54, 1.807) is 4.90 Å². The molecule has 1 aromatic rings. The van der Waals surface area contributed by atoms with Crippen LogP contribution in [0.1, 0.15) is 65.7 Å². The van der Waals surface area contributed by atoms with Crippen LogP contribution in [0.25, 0.3) is 0 Å². The molecule has 8 nitrogen and oxygen atoms in total. The fraction of sp³-hybridized carbons (Fsp3) is 0.679. The second-order valence-electron chi connectivity index (χ2n) is 10.9. The van der Waals surface area contributed by atoms with Crippen LogP contribution in [0, 0.1) is 17.8 Å². The van der Waals surface area contributed by atoms with Gasteiger partial charge in [-0.2, -0.15) is 0 Å². The molecule has 1 aromatic carbocycles. The van der Waals surface area contributed by atoms with Crippen molar-refractivity contribution in [2.24, 2.45) is 17.8 Å². The molecular formula is C28H41N3O5. The second-order valence-corrected chi connectivity index (χ2v) is 10.9. The van der Waals surface area contributed by atoms with Crippen LogP contribution in [0.4, 0.5) is 5.69 Å². The predicted molar refractivity (Wildman–Crippen MR) is 137 cm³/mol. The van der Waals surface area contributed by atoms with E-state index in [-0.39, 0.29) is 30.2 Å². The van der Waals surface area contributed by atoms with Crippen molar-refractivity contribution in [3.05, 3.63) is 30.3 Å². The standard InChI is InChI=1S/C28H41N3O5/c1-4-5-15-29-25(34)23-28-18-19(2)27(3,36-28)21(24(33)30-20-13-9-8-10-14-20)22(28)26(35)31(23)16-11-6-7-12-17-32/h8-10,13-14,19,21-23,32H,4-7,11-12,15-18H2,1-3H3,(H,29,34)(H,30,33)/t19?,21-,22+,23?,27+,28?/m1/s1. The van der Waals surface area contributed by atoms with E-state index >= 15 is 0 Å². The average molecular weight is 500 g/mol. The molecule has 0 aromatic heterocycles. The number of nitrogens with one attached hydrogen (secondary N) is 2. The zero-order valence-electron chi connectivity index (χ0n) is 21.8. The van der Waals surface area contributed by atoms with Crippen molar-refractivity contribution >= 4 is 23.4 Å². The molecule has 3 unspecified atom stereocenters. The smallest absolute Gasteiger partial charge is 0.245 e. The van der Waals surface area contributed by atoms with E-state index in [4.69, 9.17) is 9.84 Å². The number of carbonyl (C=O) groups is 3. The Balaban J connectivity index is 1.64. The van der Waals surface area contributed by atoms with E-state index in [1.165, 1.54) is 0 Å². The number of unbranched alkanes of at least 4 members (excludes halogenated alkanes) is 4. The molecule has 4 rings (SSSR count). The Morgan fingerprint density at radius 1 is 1.11 bits per heavy atom. The highest BCUT2D eigenvalue weighted by Crippen LogP contribution is 2.65. The van der Waals surface area contributed by atoms with Gasteiger partial charge in [-0.05, 0) is 50.7 Å². The summed E-state index contributed by atoms with van der Waals surface area (Å²) >= 11 is 0. The number of para-hydroxylation sites is 1. The number of rotatable bonds is 12. The van der Waals surface area contributed by atoms with E-state index in [9.17, 15) is 14.4 Å². The maximum atomic E-state index is 14.0. The monoisotopic (exact) mass is 499 g/mol. The maximum absolute atomic E-state index is 14.0. The number of amides is 3. The number of carbonyl (C=O) groups excluding carboxylic acids is 3. The number of likely N-dealkylation sites (tertiary alicyclic amines) is 1. The average Bonchev–Trinajstić information content (AvgIpc) is 3.36. The van der Waals surface area contributed by atoms with Gasteiger partial charge in [0.1, 0.15) is 11.6 Å². The Morgan fingerprint density at radius 2 is 1.83 bits per heavy atom. The Kier molecular flexibility index (Phi) is 8.05. The van der Waals surface area contributed by atoms with E-state index in [1.807, 2.05) is 37.3 Å². The minimum Gasteiger partial charge on any atom is -0.396 e. The van der Waals surface area contributed by atoms with Gasteiger partial charge in [-0.3, -0.25) is 14.4 Å². The lowest BCUT2D eigenvalue weighted by Crippen LogP contribution is -2.55. The molecule has 3 heterocycles. The van der Waals surface area contributed by atoms with Gasteiger partial charge in [0.25, 0.3) is 0 Å². The molecule has 3 aliphatic heterocycles. The van der Waals surface area contributed by atoms with Crippen LogP contribution in [0.15, 0.2) is 30.3 Å². The summed E-state index contributed by atoms with van der Waals surface area (Å²) in [5, 5.41) is 15.1. The largest absolute Gasteiger partial charge is 0.396 e. The highest BCUT2D eigenvalue weighted by atomic mass is 16.5. The first-order valence-corrected chi connectivity index (χ1v) is 13.5. The number of benzene rings is 1. The minimum atomic E-state index is -1.01. The van der Waals surface area contributed by atoms with E-state index in [0.29, 0.717) is 25.2 Å². The lowest BCUT2D eigenvalue weighted by Gasteiger charge is -2.36. The van der Waals surface area contributed by atoms with Gasteiger partial charge in [0, 0.05) is 25.4 Å². The van der Waals surface area contributed by atoms with E-state index < -0.39 is 29.1 Å². The third-order valence-electron chi connectivity index (χ3n) is 8.52. The van der Waals surface area contributed by atoms with Gasteiger partial charge in [0.05, 0.1) is 17.4 Å². The normalized spacial score (nSPS) is 32.6. The number of hydrogen-bond donors (Lipinski definition) is 3. The number of fused-ring (bicyclic) bond motifs is 1. The summed E-state index contributed by atoms with van der Waals surface area (Å²) in [6.45, 7) is 7.20. The highest BCUT2D eigenvalue weighted by Gasteiger charge is 2.79. The molecule has 3 saturated heterocycles. The molecule has 8 heteroatoms. The zero-order valence-corrected chi connectivity index (χ0v) is 21.8. The molecule has 0 saturated carbocycles. The molecule has 6 atom stereocenters. The molecular weight excluding hydrogens is 458 g/mol. The predicted octanol–water partition coefficient (Wildman–Crippen LogP) is 3.10. The molecule has 36 heavy (non-hydrogen) atoms. The fourth-order valence-electron chi connectivity index (χ4n) is 6.65. The van der Waals surface area contributed by atoms with Crippen molar-refractivity contribution in [3.63, 3.8) is 0 Å². The number of aliphatic hydroxyl groups is 1. The summed E-state index contributed by atoms with van der Waals surface area (Å²) in [4.78, 5) is 43.0. The molecule has 3 fully saturated rings. The first-order valence-electron chi connectivity index (χ1n) is 13.5. The Bertz CT molecular complexity index is 956. The third kappa shape index (κ3) is 4.54. The van der Waals surface area contributed by atoms with Crippen LogP contribution in [0.5, 0.6) is 0 Å². The van der Waals surface area contributed by atoms with Crippen LogP contribution in [-0.4, -0.2) is 64.7 Å². The van der Waals surface area contributed by atoms with Crippen molar-refractivity contribution < 1.29 is 24.2 Å². The summed E-state index contributed by atoms with van der Waals surface area (Å²) < 4.78 is 6.72. The summed E-state index contributed by atoms with van der Waals surface area (Å²) in [5.41, 5.74) is -1.16. The molecule has 2 bridgehead atoms. The number of ether oxygens (including phenoxy) is 1. The Morgan fingerprint density at radius 3 is 2.53 bits per heavy atom. The maximum Gasteiger partial charge on any atom is 0.245 e. The van der Waals surface area contributed by atoms with E-state index in [2.05, 4.69) is 24.5 Å². The summed E-state index contributed by atoms with van der Waals surface area (Å²) in [6, 6.07) is 8.50. The Hall–Kier alpha value is -2.45. The van der Waals surface area contributed by atoms with Gasteiger partial charge < -0.3 is 25.4 Å². The second kappa shape index (κ2) is 10.9. The summed E-state index contributed by atoms with van der Waals surface area (Å²) in [6.07, 6.45) is 5.58. The topological polar surface area (TPSA) is 108 Å². The van der Waals surface area contributed by atoms with Crippen molar-refractivity contribution in [2.75, 3.05) is 25.0 Å². The van der Waals surface area contributed by atoms with Crippen LogP contribution in [-0.2, 0) is 19.1 Å². The Labute approximate surface area is 214 Å². The lowest BCUT2D eigenvalue weighted by atomic mass is 9.62. The summed E-state index contributed by atoms with van der Waals surface area (Å²) in [7, 11) is 0. The van der Waals surface area contributed by atoms with Gasteiger partial charge >= 0.3 is 0 Å². The molecule has 0 aliphatic carbocycles. The molecule has 1 spiro atoms. The van der Waals surface area contributed by atoms with Gasteiger partial charge in [-0.15, -0.1) is 0 Å². The zero-order chi connectivity index (χ0) is 25.9. The molecule has 198 valence electrons. The summed E-state index contributed by atoms with van der Waals surface area (Å²) in [5.74, 6) is -1.93. The van der Waals surface area contributed by atoms with Gasteiger partial charge in [-0.1, -0.05) is 51.3 Å². The van der Waals surface area contributed by atoms with Crippen molar-refractivity contribution in [2.45, 2.75) is 83.0 Å². The van der Waals surface area contributed by atoms with E-state index in [0.717, 1.165) is 38.5 Å². The number of anilines is 1. The van der Waals surface area contributed by atoms with Crippen LogP contribution >= 0.6 is 0 Å². The van der Waals surface area contributed by atoms with Gasteiger partial charge in [-0.25, -0.2) is 0 Å². The number of nitrogens with zero attached hydrogens (tertiary/aromatic N) is 1. The van der Waals surface area contributed by atoms with Crippen molar-refractivity contribution in [3.8, 4) is 0 Å². The quantitative estimate of drug-likeness (QED) is 0.383.